The first-order chi connectivity index (χ1) is 16.1. The molecule has 0 bridgehead atoms. The first-order valence-corrected chi connectivity index (χ1v) is 10.4. The lowest BCUT2D eigenvalue weighted by Gasteiger charge is -2.28. The Hall–Kier alpha value is -3.76. The van der Waals surface area contributed by atoms with Gasteiger partial charge in [0.2, 0.25) is 5.88 Å². The normalized spacial score (nSPS) is 15.5. The smallest absolute Gasteiger partial charge is 0.416 e. The molecule has 172 valence electrons. The number of benzene rings is 2. The van der Waals surface area contributed by atoms with Crippen LogP contribution in [0.4, 0.5) is 18.9 Å². The van der Waals surface area contributed by atoms with Crippen LogP contribution in [-0.4, -0.2) is 21.9 Å². The minimum atomic E-state index is -4.50. The van der Waals surface area contributed by atoms with Crippen molar-refractivity contribution in [3.63, 3.8) is 0 Å². The van der Waals surface area contributed by atoms with Crippen LogP contribution >= 0.6 is 23.8 Å². The monoisotopic (exact) mass is 503 g/mol. The maximum Gasteiger partial charge on any atom is 0.416 e. The molecule has 2 aromatic carbocycles. The molecule has 3 aromatic rings. The first-order valence-electron chi connectivity index (χ1n) is 9.60. The zero-order valence-corrected chi connectivity index (χ0v) is 18.5. The van der Waals surface area contributed by atoms with Crippen LogP contribution in [0.25, 0.3) is 6.08 Å². The lowest BCUT2D eigenvalue weighted by Crippen LogP contribution is -2.54. The molecule has 1 fully saturated rings. The third kappa shape index (κ3) is 5.08. The molecule has 1 N–H and O–H groups in total. The molecule has 1 aliphatic heterocycles. The number of ether oxygens (including phenoxy) is 1. The molecular formula is C23H13ClF3N3O3S. The van der Waals surface area contributed by atoms with Crippen molar-refractivity contribution < 1.29 is 27.5 Å². The average molecular weight is 504 g/mol. The van der Waals surface area contributed by atoms with Crippen LogP contribution in [0.3, 0.4) is 0 Å². The molecule has 0 atom stereocenters. The number of halogens is 4. The van der Waals surface area contributed by atoms with Crippen LogP contribution < -0.4 is 15.0 Å². The Balaban J connectivity index is 1.55. The van der Waals surface area contributed by atoms with E-state index in [-0.39, 0.29) is 22.3 Å². The van der Waals surface area contributed by atoms with Gasteiger partial charge in [0.05, 0.1) is 11.3 Å². The number of hydrogen-bond acceptors (Lipinski definition) is 5. The van der Waals surface area contributed by atoms with Gasteiger partial charge in [-0.1, -0.05) is 17.7 Å². The number of hydrogen-bond donors (Lipinski definition) is 1. The summed E-state index contributed by atoms with van der Waals surface area (Å²) in [6, 6.07) is 13.6. The lowest BCUT2D eigenvalue weighted by atomic mass is 10.1. The third-order valence-electron chi connectivity index (χ3n) is 4.64. The maximum absolute atomic E-state index is 13.0. The Kier molecular flexibility index (Phi) is 6.36. The number of amides is 2. The molecule has 4 rings (SSSR count). The number of rotatable bonds is 4. The maximum atomic E-state index is 13.0. The quantitative estimate of drug-likeness (QED) is 0.294. The Morgan fingerprint density at radius 1 is 1.06 bits per heavy atom. The fourth-order valence-corrected chi connectivity index (χ4v) is 3.45. The van der Waals surface area contributed by atoms with Gasteiger partial charge in [0.1, 0.15) is 11.3 Å². The van der Waals surface area contributed by atoms with E-state index in [9.17, 15) is 22.8 Å². The largest absolute Gasteiger partial charge is 0.439 e. The second-order valence-corrected chi connectivity index (χ2v) is 7.81. The molecule has 0 spiro atoms. The Morgan fingerprint density at radius 2 is 1.79 bits per heavy atom. The summed E-state index contributed by atoms with van der Waals surface area (Å²) in [7, 11) is 0. The Bertz CT molecular complexity index is 1310. The standard InChI is InChI=1S/C23H13ClF3N3O3S/c24-15-5-7-16(8-6-15)30-21(32)18(20(31)29-22(30)34)10-13-4-9-19(28-12-13)33-17-3-1-2-14(11-17)23(25,26)27/h1-12H,(H,29,31,34)/b18-10+. The number of nitrogens with zero attached hydrogens (tertiary/aromatic N) is 2. The van der Waals surface area contributed by atoms with E-state index in [0.29, 0.717) is 16.3 Å². The Labute approximate surface area is 201 Å². The summed E-state index contributed by atoms with van der Waals surface area (Å²) in [5.74, 6) is -1.32. The molecule has 2 amide bonds. The van der Waals surface area contributed by atoms with E-state index in [2.05, 4.69) is 10.3 Å². The van der Waals surface area contributed by atoms with Crippen LogP contribution in [-0.2, 0) is 15.8 Å². The van der Waals surface area contributed by atoms with Crippen molar-refractivity contribution in [1.29, 1.82) is 0 Å². The van der Waals surface area contributed by atoms with E-state index in [1.54, 1.807) is 24.3 Å². The summed E-state index contributed by atoms with van der Waals surface area (Å²) in [4.78, 5) is 30.6. The SMILES string of the molecule is O=C1NC(=S)N(c2ccc(Cl)cc2)C(=O)/C1=C/c1ccc(Oc2cccc(C(F)(F)F)c2)nc1. The molecule has 1 aliphatic rings. The topological polar surface area (TPSA) is 71.5 Å². The zero-order valence-electron chi connectivity index (χ0n) is 17.0. The first kappa shape index (κ1) is 23.4. The molecule has 1 aromatic heterocycles. The third-order valence-corrected chi connectivity index (χ3v) is 5.18. The predicted octanol–water partition coefficient (Wildman–Crippen LogP) is 5.38. The van der Waals surface area contributed by atoms with Crippen molar-refractivity contribution in [1.82, 2.24) is 10.3 Å². The number of anilines is 1. The minimum absolute atomic E-state index is 0.0323. The van der Waals surface area contributed by atoms with Crippen LogP contribution in [0, 0.1) is 0 Å². The highest BCUT2D eigenvalue weighted by Gasteiger charge is 2.34. The second kappa shape index (κ2) is 9.24. The van der Waals surface area contributed by atoms with Gasteiger partial charge >= 0.3 is 6.18 Å². The highest BCUT2D eigenvalue weighted by atomic mass is 35.5. The molecule has 2 heterocycles. The number of nitrogens with one attached hydrogen (secondary N) is 1. The van der Waals surface area contributed by atoms with Gasteiger partial charge in [-0.15, -0.1) is 0 Å². The Morgan fingerprint density at radius 3 is 2.44 bits per heavy atom. The molecular weight excluding hydrogens is 491 g/mol. The zero-order chi connectivity index (χ0) is 24.5. The van der Waals surface area contributed by atoms with Crippen molar-refractivity contribution >= 4 is 52.5 Å². The van der Waals surface area contributed by atoms with Gasteiger partial charge in [-0.05, 0) is 72.4 Å². The minimum Gasteiger partial charge on any atom is -0.439 e. The van der Waals surface area contributed by atoms with Crippen LogP contribution in [0.15, 0.2) is 72.4 Å². The van der Waals surface area contributed by atoms with E-state index < -0.39 is 23.6 Å². The summed E-state index contributed by atoms with van der Waals surface area (Å²) in [5.41, 5.74) is -0.222. The summed E-state index contributed by atoms with van der Waals surface area (Å²) in [6.45, 7) is 0. The van der Waals surface area contributed by atoms with Crippen LogP contribution in [0.2, 0.25) is 5.02 Å². The molecule has 0 radical (unpaired) electrons. The fourth-order valence-electron chi connectivity index (χ4n) is 3.04. The van der Waals surface area contributed by atoms with Crippen molar-refractivity contribution in [2.75, 3.05) is 4.90 Å². The molecule has 11 heteroatoms. The molecule has 0 saturated carbocycles. The average Bonchev–Trinajstić information content (AvgIpc) is 2.78. The molecule has 34 heavy (non-hydrogen) atoms. The van der Waals surface area contributed by atoms with Gasteiger partial charge in [-0.3, -0.25) is 19.8 Å². The van der Waals surface area contributed by atoms with E-state index in [0.717, 1.165) is 17.0 Å². The van der Waals surface area contributed by atoms with Crippen molar-refractivity contribution in [3.8, 4) is 11.6 Å². The van der Waals surface area contributed by atoms with Gasteiger partial charge in [-0.25, -0.2) is 4.98 Å². The van der Waals surface area contributed by atoms with E-state index in [1.165, 1.54) is 36.5 Å². The number of aromatic nitrogens is 1. The lowest BCUT2D eigenvalue weighted by molar-refractivity contribution is -0.137. The number of alkyl halides is 3. The highest BCUT2D eigenvalue weighted by molar-refractivity contribution is 7.80. The number of pyridine rings is 1. The highest BCUT2D eigenvalue weighted by Crippen LogP contribution is 2.32. The summed E-state index contributed by atoms with van der Waals surface area (Å²) < 4.78 is 44.0. The summed E-state index contributed by atoms with van der Waals surface area (Å²) >= 11 is 11.0. The van der Waals surface area contributed by atoms with Crippen molar-refractivity contribution in [3.05, 3.63) is 88.6 Å². The second-order valence-electron chi connectivity index (χ2n) is 6.99. The van der Waals surface area contributed by atoms with Crippen LogP contribution in [0.5, 0.6) is 11.6 Å². The van der Waals surface area contributed by atoms with Gasteiger partial charge in [0.15, 0.2) is 5.11 Å². The van der Waals surface area contributed by atoms with Gasteiger partial charge in [0.25, 0.3) is 11.8 Å². The van der Waals surface area contributed by atoms with Gasteiger partial charge in [0, 0.05) is 17.3 Å². The van der Waals surface area contributed by atoms with Crippen molar-refractivity contribution in [2.24, 2.45) is 0 Å². The number of thiocarbonyl (C=S) groups is 1. The summed E-state index contributed by atoms with van der Waals surface area (Å²) in [6.07, 6.45) is -1.86. The molecule has 6 nitrogen and oxygen atoms in total. The van der Waals surface area contributed by atoms with Crippen molar-refractivity contribution in [2.45, 2.75) is 6.18 Å². The molecule has 0 unspecified atom stereocenters. The van der Waals surface area contributed by atoms with E-state index in [1.807, 2.05) is 0 Å². The number of carbonyl (C=O) groups is 2. The molecule has 1 saturated heterocycles. The van der Waals surface area contributed by atoms with Gasteiger partial charge in [-0.2, -0.15) is 13.2 Å². The van der Waals surface area contributed by atoms with E-state index >= 15 is 0 Å². The van der Waals surface area contributed by atoms with Gasteiger partial charge < -0.3 is 4.74 Å². The molecule has 0 aliphatic carbocycles. The summed E-state index contributed by atoms with van der Waals surface area (Å²) in [5, 5.41) is 2.86. The fraction of sp³-hybridized carbons (Fsp3) is 0.0435. The predicted molar refractivity (Wildman–Crippen MR) is 123 cm³/mol. The van der Waals surface area contributed by atoms with E-state index in [4.69, 9.17) is 28.6 Å². The van der Waals surface area contributed by atoms with Crippen LogP contribution in [0.1, 0.15) is 11.1 Å². The number of carbonyl (C=O) groups excluding carboxylic acids is 2.